The standard InChI is InChI=1S/C21H23F4N7O4/c1-10-6-26-18(32-7-11(27-17(10)32)8-35-21(23,24)25)28-14-5-12(30-31-14)16-15(22)13(9-34-16)36-19(33)29-20(2)3-4-20/h5-7,13,15-16H,3-4,8-9H2,1-2H3,(H,29,33)(H2,26,28,30,31)/t13-,15-,16-/m0/s1. The van der Waals surface area contributed by atoms with Crippen LogP contribution in [0.5, 0.6) is 0 Å². The van der Waals surface area contributed by atoms with Crippen LogP contribution in [0.2, 0.25) is 0 Å². The number of rotatable bonds is 7. The van der Waals surface area contributed by atoms with Crippen LogP contribution in [0.3, 0.4) is 0 Å². The number of anilines is 2. The molecular formula is C21H23F4N7O4. The molecule has 36 heavy (non-hydrogen) atoms. The van der Waals surface area contributed by atoms with Crippen molar-refractivity contribution in [1.82, 2.24) is 29.9 Å². The molecule has 1 amide bonds. The molecule has 3 aromatic rings. The van der Waals surface area contributed by atoms with Gasteiger partial charge in [-0.25, -0.2) is 19.2 Å². The van der Waals surface area contributed by atoms with Crippen LogP contribution in [0.1, 0.15) is 42.8 Å². The molecule has 3 N–H and O–H groups in total. The van der Waals surface area contributed by atoms with Gasteiger partial charge >= 0.3 is 12.5 Å². The van der Waals surface area contributed by atoms with E-state index in [9.17, 15) is 22.4 Å². The molecule has 3 aromatic heterocycles. The van der Waals surface area contributed by atoms with Crippen molar-refractivity contribution in [2.24, 2.45) is 0 Å². The molecular weight excluding hydrogens is 490 g/mol. The molecule has 2 fully saturated rings. The van der Waals surface area contributed by atoms with Crippen molar-refractivity contribution in [3.63, 3.8) is 0 Å². The van der Waals surface area contributed by atoms with Crippen molar-refractivity contribution in [2.75, 3.05) is 11.9 Å². The van der Waals surface area contributed by atoms with Crippen molar-refractivity contribution in [3.8, 4) is 0 Å². The molecule has 0 unspecified atom stereocenters. The largest absolute Gasteiger partial charge is 0.522 e. The number of alkyl halides is 4. The minimum atomic E-state index is -4.78. The topological polar surface area (TPSA) is 128 Å². The lowest BCUT2D eigenvalue weighted by molar-refractivity contribution is -0.330. The highest BCUT2D eigenvalue weighted by Gasteiger charge is 2.44. The number of halogens is 4. The smallest absolute Gasteiger partial charge is 0.441 e. The van der Waals surface area contributed by atoms with Crippen LogP contribution in [-0.2, 0) is 20.8 Å². The van der Waals surface area contributed by atoms with Crippen LogP contribution in [0.15, 0.2) is 18.5 Å². The zero-order chi connectivity index (χ0) is 25.7. The molecule has 0 bridgehead atoms. The van der Waals surface area contributed by atoms with Gasteiger partial charge in [-0.15, -0.1) is 13.2 Å². The number of nitrogens with zero attached hydrogens (tertiary/aromatic N) is 4. The first-order valence-electron chi connectivity index (χ1n) is 11.1. The Bertz CT molecular complexity index is 1270. The number of imidazole rings is 1. The maximum Gasteiger partial charge on any atom is 0.522 e. The van der Waals surface area contributed by atoms with Gasteiger partial charge in [0.15, 0.2) is 18.1 Å². The second-order valence-electron chi connectivity index (χ2n) is 9.09. The number of nitrogens with one attached hydrogen (secondary N) is 3. The maximum atomic E-state index is 15.0. The third kappa shape index (κ3) is 5.21. The molecule has 194 valence electrons. The summed E-state index contributed by atoms with van der Waals surface area (Å²) in [6.45, 7) is 2.72. The predicted octanol–water partition coefficient (Wildman–Crippen LogP) is 3.60. The van der Waals surface area contributed by atoms with E-state index in [1.807, 2.05) is 6.92 Å². The lowest BCUT2D eigenvalue weighted by Crippen LogP contribution is -2.39. The highest BCUT2D eigenvalue weighted by Crippen LogP contribution is 2.36. The minimum Gasteiger partial charge on any atom is -0.441 e. The summed E-state index contributed by atoms with van der Waals surface area (Å²) in [5.74, 6) is 0.471. The van der Waals surface area contributed by atoms with Crippen LogP contribution >= 0.6 is 0 Å². The highest BCUT2D eigenvalue weighted by molar-refractivity contribution is 5.69. The monoisotopic (exact) mass is 513 g/mol. The van der Waals surface area contributed by atoms with E-state index in [-0.39, 0.29) is 29.6 Å². The molecule has 15 heteroatoms. The summed E-state index contributed by atoms with van der Waals surface area (Å²) in [6, 6.07) is 1.50. The number of aryl methyl sites for hydroxylation is 1. The lowest BCUT2D eigenvalue weighted by Gasteiger charge is -2.17. The molecule has 3 atom stereocenters. The number of ether oxygens (including phenoxy) is 3. The highest BCUT2D eigenvalue weighted by atomic mass is 19.4. The van der Waals surface area contributed by atoms with E-state index in [4.69, 9.17) is 9.47 Å². The zero-order valence-corrected chi connectivity index (χ0v) is 19.2. The van der Waals surface area contributed by atoms with Gasteiger partial charge in [-0.2, -0.15) is 5.10 Å². The van der Waals surface area contributed by atoms with Crippen molar-refractivity contribution in [1.29, 1.82) is 0 Å². The number of aromatic nitrogens is 5. The number of fused-ring (bicyclic) bond motifs is 1. The molecule has 2 aliphatic rings. The van der Waals surface area contributed by atoms with E-state index < -0.39 is 37.4 Å². The number of alkyl carbamates (subject to hydrolysis) is 1. The first-order chi connectivity index (χ1) is 17.0. The molecule has 0 radical (unpaired) electrons. The number of amides is 1. The lowest BCUT2D eigenvalue weighted by atomic mass is 10.1. The van der Waals surface area contributed by atoms with E-state index in [0.29, 0.717) is 16.9 Å². The Balaban J connectivity index is 1.26. The number of carbonyl (C=O) groups is 1. The third-order valence-electron chi connectivity index (χ3n) is 5.99. The number of carbonyl (C=O) groups excluding carboxylic acids is 1. The Morgan fingerprint density at radius 3 is 2.89 bits per heavy atom. The van der Waals surface area contributed by atoms with Crippen molar-refractivity contribution in [3.05, 3.63) is 35.4 Å². The first-order valence-corrected chi connectivity index (χ1v) is 11.1. The number of H-pyrrole nitrogens is 1. The fourth-order valence-electron chi connectivity index (χ4n) is 3.79. The summed E-state index contributed by atoms with van der Waals surface area (Å²) < 4.78 is 68.2. The molecule has 0 aromatic carbocycles. The Labute approximate surface area is 201 Å². The van der Waals surface area contributed by atoms with Gasteiger partial charge in [-0.1, -0.05) is 0 Å². The van der Waals surface area contributed by atoms with Crippen LogP contribution < -0.4 is 10.6 Å². The van der Waals surface area contributed by atoms with Gasteiger partial charge in [0.25, 0.3) is 0 Å². The van der Waals surface area contributed by atoms with Crippen LogP contribution in [0.4, 0.5) is 34.1 Å². The fourth-order valence-corrected chi connectivity index (χ4v) is 3.79. The van der Waals surface area contributed by atoms with Gasteiger partial charge in [0.05, 0.1) is 24.6 Å². The van der Waals surface area contributed by atoms with Gasteiger partial charge in [0, 0.05) is 29.6 Å². The molecule has 1 saturated heterocycles. The average molecular weight is 513 g/mol. The van der Waals surface area contributed by atoms with Crippen molar-refractivity contribution in [2.45, 2.75) is 63.6 Å². The van der Waals surface area contributed by atoms with Gasteiger partial charge in [-0.05, 0) is 26.7 Å². The van der Waals surface area contributed by atoms with Gasteiger partial charge in [-0.3, -0.25) is 14.2 Å². The quantitative estimate of drug-likeness (QED) is 0.409. The summed E-state index contributed by atoms with van der Waals surface area (Å²) in [5, 5.41) is 12.4. The minimum absolute atomic E-state index is 0.0552. The van der Waals surface area contributed by atoms with Crippen molar-refractivity contribution < 1.29 is 36.6 Å². The van der Waals surface area contributed by atoms with Gasteiger partial charge in [0.2, 0.25) is 5.95 Å². The number of hydrogen-bond donors (Lipinski definition) is 3. The van der Waals surface area contributed by atoms with Crippen LogP contribution in [0.25, 0.3) is 5.65 Å². The molecule has 0 spiro atoms. The van der Waals surface area contributed by atoms with E-state index >= 15 is 0 Å². The van der Waals surface area contributed by atoms with Gasteiger partial charge < -0.3 is 20.1 Å². The Morgan fingerprint density at radius 2 is 2.17 bits per heavy atom. The van der Waals surface area contributed by atoms with Crippen molar-refractivity contribution >= 4 is 23.5 Å². The average Bonchev–Trinajstić information content (AvgIpc) is 3.16. The van der Waals surface area contributed by atoms with Crippen LogP contribution in [0, 0.1) is 6.92 Å². The summed E-state index contributed by atoms with van der Waals surface area (Å²) in [6.07, 6.45) is -4.64. The van der Waals surface area contributed by atoms with Crippen LogP contribution in [-0.4, -0.2) is 61.4 Å². The normalized spacial score (nSPS) is 23.1. The third-order valence-corrected chi connectivity index (χ3v) is 5.99. The second kappa shape index (κ2) is 8.89. The second-order valence-corrected chi connectivity index (χ2v) is 9.09. The first kappa shape index (κ1) is 24.2. The van der Waals surface area contributed by atoms with Gasteiger partial charge in [0.1, 0.15) is 11.8 Å². The van der Waals surface area contributed by atoms with E-state index in [1.54, 1.807) is 6.92 Å². The Hall–Kier alpha value is -3.46. The molecule has 5 rings (SSSR count). The molecule has 1 aliphatic carbocycles. The Morgan fingerprint density at radius 1 is 1.39 bits per heavy atom. The molecule has 11 nitrogen and oxygen atoms in total. The van der Waals surface area contributed by atoms with E-state index in [2.05, 4.69) is 35.5 Å². The van der Waals surface area contributed by atoms with E-state index in [0.717, 1.165) is 12.8 Å². The molecule has 1 saturated carbocycles. The summed E-state index contributed by atoms with van der Waals surface area (Å²) in [7, 11) is 0. The molecule has 1 aliphatic heterocycles. The number of hydrogen-bond acceptors (Lipinski definition) is 8. The Kier molecular flexibility index (Phi) is 5.98. The summed E-state index contributed by atoms with van der Waals surface area (Å²) in [5.41, 5.74) is 1.08. The molecule has 4 heterocycles. The van der Waals surface area contributed by atoms with E-state index in [1.165, 1.54) is 22.9 Å². The summed E-state index contributed by atoms with van der Waals surface area (Å²) in [4.78, 5) is 20.4. The zero-order valence-electron chi connectivity index (χ0n) is 19.2. The predicted molar refractivity (Wildman–Crippen MR) is 115 cm³/mol. The summed E-state index contributed by atoms with van der Waals surface area (Å²) >= 11 is 0. The maximum absolute atomic E-state index is 15.0. The fraction of sp³-hybridized carbons (Fsp3) is 0.524. The number of aromatic amines is 1. The SMILES string of the molecule is Cc1cnc(Nc2cc([C@@H]3OC[C@H](OC(=O)NC4(C)CC4)[C@@H]3F)[nH]n2)n2cc(COC(F)(F)F)nc12.